The van der Waals surface area contributed by atoms with Crippen LogP contribution in [0.1, 0.15) is 18.4 Å². The molecule has 0 aromatic heterocycles. The Morgan fingerprint density at radius 3 is 2.83 bits per heavy atom. The van der Waals surface area contributed by atoms with E-state index in [-0.39, 0.29) is 12.5 Å². The lowest BCUT2D eigenvalue weighted by Crippen LogP contribution is -2.16. The van der Waals surface area contributed by atoms with Gasteiger partial charge in [0.2, 0.25) is 0 Å². The smallest absolute Gasteiger partial charge is 0.303 e. The molecule has 0 radical (unpaired) electrons. The molecule has 0 spiro atoms. The molecule has 0 saturated heterocycles. The maximum absolute atomic E-state index is 10.4. The minimum atomic E-state index is -0.831. The molecule has 0 amide bonds. The van der Waals surface area contributed by atoms with Gasteiger partial charge in [-0.05, 0) is 17.7 Å². The summed E-state index contributed by atoms with van der Waals surface area (Å²) in [6, 6.07) is 7.61. The summed E-state index contributed by atoms with van der Waals surface area (Å²) in [6.45, 7) is 0.595. The molecular formula is C13H14ClNO3. The Labute approximate surface area is 110 Å². The number of carboxylic acid groups (broad SMARTS) is 1. The van der Waals surface area contributed by atoms with Crippen LogP contribution in [-0.2, 0) is 16.0 Å². The summed E-state index contributed by atoms with van der Waals surface area (Å²) < 4.78 is 5.60. The monoisotopic (exact) mass is 267 g/mol. The Morgan fingerprint density at radius 1 is 1.44 bits per heavy atom. The van der Waals surface area contributed by atoms with Gasteiger partial charge in [-0.1, -0.05) is 23.7 Å². The van der Waals surface area contributed by atoms with Crippen molar-refractivity contribution in [2.24, 2.45) is 4.99 Å². The van der Waals surface area contributed by atoms with Gasteiger partial charge in [0.05, 0.1) is 13.0 Å². The number of nitrogens with zero attached hydrogens (tertiary/aromatic N) is 1. The summed E-state index contributed by atoms with van der Waals surface area (Å²) in [5.74, 6) is -0.279. The topological polar surface area (TPSA) is 58.9 Å². The van der Waals surface area contributed by atoms with Crippen molar-refractivity contribution in [3.05, 3.63) is 34.9 Å². The number of halogens is 1. The highest BCUT2D eigenvalue weighted by Crippen LogP contribution is 2.16. The molecule has 1 unspecified atom stereocenters. The fraction of sp³-hybridized carbons (Fsp3) is 0.385. The summed E-state index contributed by atoms with van der Waals surface area (Å²) in [4.78, 5) is 14.6. The zero-order chi connectivity index (χ0) is 13.0. The molecule has 1 heterocycles. The van der Waals surface area contributed by atoms with E-state index >= 15 is 0 Å². The van der Waals surface area contributed by atoms with Crippen molar-refractivity contribution in [2.75, 3.05) is 6.54 Å². The van der Waals surface area contributed by atoms with E-state index in [0.717, 1.165) is 12.0 Å². The molecule has 96 valence electrons. The fourth-order valence-corrected chi connectivity index (χ4v) is 1.94. The molecule has 1 aliphatic rings. The number of rotatable bonds is 5. The highest BCUT2D eigenvalue weighted by Gasteiger charge is 2.20. The van der Waals surface area contributed by atoms with Crippen molar-refractivity contribution in [1.82, 2.24) is 0 Å². The number of aliphatic imine (C=N–C) groups is 1. The van der Waals surface area contributed by atoms with Crippen LogP contribution in [0.4, 0.5) is 0 Å². The molecular weight excluding hydrogens is 254 g/mol. The van der Waals surface area contributed by atoms with E-state index in [4.69, 9.17) is 21.4 Å². The van der Waals surface area contributed by atoms with Crippen LogP contribution >= 0.6 is 11.6 Å². The zero-order valence-corrected chi connectivity index (χ0v) is 10.6. The first-order valence-corrected chi connectivity index (χ1v) is 6.17. The molecule has 4 nitrogen and oxygen atoms in total. The Kier molecular flexibility index (Phi) is 4.20. The van der Waals surface area contributed by atoms with E-state index in [2.05, 4.69) is 4.99 Å². The third-order valence-electron chi connectivity index (χ3n) is 2.70. The second kappa shape index (κ2) is 5.87. The van der Waals surface area contributed by atoms with E-state index in [9.17, 15) is 4.79 Å². The molecule has 2 rings (SSSR count). The standard InChI is InChI=1S/C13H14ClNO3/c14-10-3-1-9(2-4-10)7-11-8-15-12(18-11)5-6-13(16)17/h1-4,11H,5-8H2,(H,16,17). The molecule has 5 heteroatoms. The van der Waals surface area contributed by atoms with Gasteiger partial charge in [-0.25, -0.2) is 0 Å². The Bertz CT molecular complexity index is 456. The maximum Gasteiger partial charge on any atom is 0.303 e. The van der Waals surface area contributed by atoms with Crippen LogP contribution in [0.5, 0.6) is 0 Å². The lowest BCUT2D eigenvalue weighted by Gasteiger charge is -2.11. The summed E-state index contributed by atoms with van der Waals surface area (Å²) in [5.41, 5.74) is 1.14. The second-order valence-corrected chi connectivity index (χ2v) is 4.64. The summed E-state index contributed by atoms with van der Waals surface area (Å²) in [6.07, 6.45) is 1.20. The van der Waals surface area contributed by atoms with E-state index in [1.807, 2.05) is 24.3 Å². The van der Waals surface area contributed by atoms with E-state index in [0.29, 0.717) is 23.9 Å². The summed E-state index contributed by atoms with van der Waals surface area (Å²) in [5, 5.41) is 9.29. The van der Waals surface area contributed by atoms with Crippen LogP contribution in [0.2, 0.25) is 5.02 Å². The number of aliphatic carboxylic acids is 1. The number of carbonyl (C=O) groups is 1. The van der Waals surface area contributed by atoms with Crippen molar-refractivity contribution in [1.29, 1.82) is 0 Å². The van der Waals surface area contributed by atoms with Crippen molar-refractivity contribution >= 4 is 23.5 Å². The zero-order valence-electron chi connectivity index (χ0n) is 9.80. The van der Waals surface area contributed by atoms with Crippen molar-refractivity contribution in [3.63, 3.8) is 0 Å². The predicted molar refractivity (Wildman–Crippen MR) is 69.2 cm³/mol. The van der Waals surface area contributed by atoms with Crippen molar-refractivity contribution < 1.29 is 14.6 Å². The molecule has 1 aromatic rings. The van der Waals surface area contributed by atoms with Gasteiger partial charge in [-0.2, -0.15) is 0 Å². The predicted octanol–water partition coefficient (Wildman–Crippen LogP) is 2.54. The highest BCUT2D eigenvalue weighted by atomic mass is 35.5. The average Bonchev–Trinajstić information content (AvgIpc) is 2.77. The summed E-state index contributed by atoms with van der Waals surface area (Å²) >= 11 is 5.81. The van der Waals surface area contributed by atoms with E-state index in [1.54, 1.807) is 0 Å². The van der Waals surface area contributed by atoms with Gasteiger partial charge in [0, 0.05) is 17.9 Å². The van der Waals surface area contributed by atoms with Crippen LogP contribution in [-0.4, -0.2) is 29.6 Å². The van der Waals surface area contributed by atoms with Gasteiger partial charge >= 0.3 is 5.97 Å². The lowest BCUT2D eigenvalue weighted by molar-refractivity contribution is -0.136. The molecule has 18 heavy (non-hydrogen) atoms. The van der Waals surface area contributed by atoms with Crippen LogP contribution in [0.25, 0.3) is 0 Å². The van der Waals surface area contributed by atoms with Crippen molar-refractivity contribution in [2.45, 2.75) is 25.4 Å². The Hall–Kier alpha value is -1.55. The van der Waals surface area contributed by atoms with Gasteiger partial charge in [-0.3, -0.25) is 9.79 Å². The fourth-order valence-electron chi connectivity index (χ4n) is 1.81. The molecule has 1 aliphatic heterocycles. The summed E-state index contributed by atoms with van der Waals surface area (Å²) in [7, 11) is 0. The number of hydrogen-bond acceptors (Lipinski definition) is 3. The van der Waals surface area contributed by atoms with Gasteiger partial charge in [0.1, 0.15) is 6.10 Å². The second-order valence-electron chi connectivity index (χ2n) is 4.20. The Morgan fingerprint density at radius 2 is 2.17 bits per heavy atom. The highest BCUT2D eigenvalue weighted by molar-refractivity contribution is 6.30. The van der Waals surface area contributed by atoms with Gasteiger partial charge in [-0.15, -0.1) is 0 Å². The lowest BCUT2D eigenvalue weighted by atomic mass is 10.1. The first kappa shape index (κ1) is 12.9. The van der Waals surface area contributed by atoms with Crippen molar-refractivity contribution in [3.8, 4) is 0 Å². The minimum Gasteiger partial charge on any atom is -0.481 e. The Balaban J connectivity index is 1.80. The first-order chi connectivity index (χ1) is 8.63. The van der Waals surface area contributed by atoms with E-state index in [1.165, 1.54) is 0 Å². The number of ether oxygens (including phenoxy) is 1. The molecule has 0 fully saturated rings. The number of carboxylic acids is 1. The molecule has 0 bridgehead atoms. The molecule has 1 N–H and O–H groups in total. The SMILES string of the molecule is O=C(O)CCC1=NCC(Cc2ccc(Cl)cc2)O1. The first-order valence-electron chi connectivity index (χ1n) is 5.79. The number of hydrogen-bond donors (Lipinski definition) is 1. The molecule has 0 aliphatic carbocycles. The van der Waals surface area contributed by atoms with Crippen LogP contribution in [0.15, 0.2) is 29.3 Å². The average molecular weight is 268 g/mol. The molecule has 0 saturated carbocycles. The minimum absolute atomic E-state index is 0.00923. The third-order valence-corrected chi connectivity index (χ3v) is 2.96. The van der Waals surface area contributed by atoms with Gasteiger partial charge < -0.3 is 9.84 Å². The van der Waals surface area contributed by atoms with Gasteiger partial charge in [0.15, 0.2) is 5.90 Å². The third kappa shape index (κ3) is 3.74. The van der Waals surface area contributed by atoms with Crippen LogP contribution < -0.4 is 0 Å². The van der Waals surface area contributed by atoms with Crippen LogP contribution in [0.3, 0.4) is 0 Å². The maximum atomic E-state index is 10.4. The van der Waals surface area contributed by atoms with Gasteiger partial charge in [0.25, 0.3) is 0 Å². The number of benzene rings is 1. The molecule has 1 atom stereocenters. The van der Waals surface area contributed by atoms with Crippen LogP contribution in [0, 0.1) is 0 Å². The normalized spacial score (nSPS) is 18.3. The molecule has 1 aromatic carbocycles. The quantitative estimate of drug-likeness (QED) is 0.892. The largest absolute Gasteiger partial charge is 0.481 e. The van der Waals surface area contributed by atoms with E-state index < -0.39 is 5.97 Å².